The van der Waals surface area contributed by atoms with Crippen molar-refractivity contribution >= 4 is 5.57 Å². The number of hydrogen-bond acceptors (Lipinski definition) is 1. The Morgan fingerprint density at radius 2 is 1.89 bits per heavy atom. The van der Waals surface area contributed by atoms with Crippen molar-refractivity contribution in [3.8, 4) is 0 Å². The van der Waals surface area contributed by atoms with Crippen molar-refractivity contribution in [3.05, 3.63) is 41.5 Å². The molecule has 1 aliphatic heterocycles. The Bertz CT molecular complexity index is 418. The van der Waals surface area contributed by atoms with Crippen molar-refractivity contribution in [1.29, 1.82) is 0 Å². The maximum atomic E-state index is 2.49. The number of rotatable bonds is 1. The summed E-state index contributed by atoms with van der Waals surface area (Å²) in [7, 11) is 2.26. The number of fused-ring (bicyclic) bond motifs is 1. The van der Waals surface area contributed by atoms with Crippen LogP contribution in [0.1, 0.15) is 38.7 Å². The van der Waals surface area contributed by atoms with Gasteiger partial charge in [-0.25, -0.2) is 0 Å². The second-order valence-electron chi connectivity index (χ2n) is 5.47. The predicted molar refractivity (Wildman–Crippen MR) is 79.5 cm³/mol. The zero-order valence-electron chi connectivity index (χ0n) is 10.7. The lowest BCUT2D eigenvalue weighted by atomic mass is 9.77. The van der Waals surface area contributed by atoms with Crippen LogP contribution >= 0.6 is 0 Å². The Labute approximate surface area is 112 Å². The monoisotopic (exact) mass is 243 g/mol. The molecule has 2 aliphatic rings. The lowest BCUT2D eigenvalue weighted by Gasteiger charge is -2.37. The van der Waals surface area contributed by atoms with Crippen molar-refractivity contribution < 1.29 is 0 Å². The fourth-order valence-corrected chi connectivity index (χ4v) is 3.41. The van der Waals surface area contributed by atoms with Crippen LogP contribution in [-0.4, -0.2) is 25.0 Å². The van der Waals surface area contributed by atoms with Crippen LogP contribution < -0.4 is 0 Å². The maximum absolute atomic E-state index is 2.49. The summed E-state index contributed by atoms with van der Waals surface area (Å²) in [5.74, 6) is 0.831. The van der Waals surface area contributed by atoms with E-state index in [9.17, 15) is 0 Å². The van der Waals surface area contributed by atoms with E-state index in [4.69, 9.17) is 0 Å². The Balaban J connectivity index is 0.00000120. The molecule has 1 nitrogen and oxygen atoms in total. The Morgan fingerprint density at radius 1 is 1.11 bits per heavy atom. The second-order valence-corrected chi connectivity index (χ2v) is 5.47. The first-order valence-corrected chi connectivity index (χ1v) is 6.80. The van der Waals surface area contributed by atoms with Crippen molar-refractivity contribution in [2.75, 3.05) is 20.1 Å². The van der Waals surface area contributed by atoms with Gasteiger partial charge in [0.2, 0.25) is 0 Å². The molecule has 1 heteroatoms. The molecular formula is C17H25N. The van der Waals surface area contributed by atoms with E-state index < -0.39 is 0 Å². The van der Waals surface area contributed by atoms with Gasteiger partial charge in [0.15, 0.2) is 0 Å². The highest BCUT2D eigenvalue weighted by molar-refractivity contribution is 5.70. The molecule has 0 saturated carbocycles. The fraction of sp³-hybridized carbons (Fsp3) is 0.529. The minimum Gasteiger partial charge on any atom is -0.305 e. The molecule has 1 aromatic rings. The summed E-state index contributed by atoms with van der Waals surface area (Å²) >= 11 is 0. The average molecular weight is 243 g/mol. The van der Waals surface area contributed by atoms with Crippen LogP contribution in [0.15, 0.2) is 35.9 Å². The summed E-state index contributed by atoms with van der Waals surface area (Å²) in [6.45, 7) is 2.51. The second kappa shape index (κ2) is 5.71. The van der Waals surface area contributed by atoms with E-state index >= 15 is 0 Å². The highest BCUT2D eigenvalue weighted by atomic mass is 15.1. The van der Waals surface area contributed by atoms with Crippen LogP contribution in [0.25, 0.3) is 5.57 Å². The quantitative estimate of drug-likeness (QED) is 0.714. The number of nitrogens with zero attached hydrogens (tertiary/aromatic N) is 1. The molecule has 1 aliphatic carbocycles. The SMILES string of the molecule is C.CN1CCC2=C(c3ccccc3)CCC[C@@H]2C1. The van der Waals surface area contributed by atoms with Gasteiger partial charge < -0.3 is 4.90 Å². The third kappa shape index (κ3) is 2.51. The van der Waals surface area contributed by atoms with Gasteiger partial charge in [0.05, 0.1) is 0 Å². The van der Waals surface area contributed by atoms with Gasteiger partial charge in [-0.05, 0) is 49.8 Å². The first kappa shape index (κ1) is 13.4. The van der Waals surface area contributed by atoms with Crippen LogP contribution in [0, 0.1) is 5.92 Å². The smallest absolute Gasteiger partial charge is 0.00443 e. The van der Waals surface area contributed by atoms with Gasteiger partial charge in [-0.1, -0.05) is 43.3 Å². The highest BCUT2D eigenvalue weighted by Gasteiger charge is 2.27. The first-order valence-electron chi connectivity index (χ1n) is 6.80. The van der Waals surface area contributed by atoms with E-state index in [-0.39, 0.29) is 7.43 Å². The van der Waals surface area contributed by atoms with E-state index in [0.717, 1.165) is 5.92 Å². The van der Waals surface area contributed by atoms with Crippen LogP contribution in [-0.2, 0) is 0 Å². The third-order valence-corrected chi connectivity index (χ3v) is 4.28. The Kier molecular flexibility index (Phi) is 4.23. The highest BCUT2D eigenvalue weighted by Crippen LogP contribution is 2.39. The van der Waals surface area contributed by atoms with Crippen molar-refractivity contribution in [1.82, 2.24) is 4.90 Å². The summed E-state index contributed by atoms with van der Waals surface area (Å²) in [6, 6.07) is 11.0. The summed E-state index contributed by atoms with van der Waals surface area (Å²) < 4.78 is 0. The van der Waals surface area contributed by atoms with Crippen molar-refractivity contribution in [2.45, 2.75) is 33.1 Å². The number of benzene rings is 1. The summed E-state index contributed by atoms with van der Waals surface area (Å²) in [5, 5.41) is 0. The molecule has 1 saturated heterocycles. The van der Waals surface area contributed by atoms with E-state index in [2.05, 4.69) is 42.3 Å². The molecule has 0 N–H and O–H groups in total. The van der Waals surface area contributed by atoms with Gasteiger partial charge in [0.1, 0.15) is 0 Å². The van der Waals surface area contributed by atoms with Gasteiger partial charge in [-0.15, -0.1) is 0 Å². The fourth-order valence-electron chi connectivity index (χ4n) is 3.41. The molecule has 1 heterocycles. The Morgan fingerprint density at radius 3 is 2.67 bits per heavy atom. The minimum atomic E-state index is 0. The maximum Gasteiger partial charge on any atom is 0.00443 e. The number of hydrogen-bond donors (Lipinski definition) is 0. The zero-order chi connectivity index (χ0) is 11.7. The van der Waals surface area contributed by atoms with E-state index in [1.807, 2.05) is 0 Å². The normalized spacial score (nSPS) is 24.4. The van der Waals surface area contributed by atoms with Crippen LogP contribution in [0.4, 0.5) is 0 Å². The van der Waals surface area contributed by atoms with E-state index in [1.54, 1.807) is 11.1 Å². The third-order valence-electron chi connectivity index (χ3n) is 4.28. The predicted octanol–water partition coefficient (Wildman–Crippen LogP) is 4.21. The van der Waals surface area contributed by atoms with Crippen LogP contribution in [0.2, 0.25) is 0 Å². The summed E-state index contributed by atoms with van der Waals surface area (Å²) in [5.41, 5.74) is 4.90. The lowest BCUT2D eigenvalue weighted by molar-refractivity contribution is 0.244. The van der Waals surface area contributed by atoms with Crippen molar-refractivity contribution in [3.63, 3.8) is 0 Å². The van der Waals surface area contributed by atoms with Gasteiger partial charge in [-0.2, -0.15) is 0 Å². The van der Waals surface area contributed by atoms with Crippen LogP contribution in [0.3, 0.4) is 0 Å². The lowest BCUT2D eigenvalue weighted by Crippen LogP contribution is -2.35. The van der Waals surface area contributed by atoms with Gasteiger partial charge in [0.25, 0.3) is 0 Å². The molecule has 0 amide bonds. The molecule has 0 radical (unpaired) electrons. The average Bonchev–Trinajstić information content (AvgIpc) is 2.39. The van der Waals surface area contributed by atoms with E-state index in [0.29, 0.717) is 0 Å². The summed E-state index contributed by atoms with van der Waals surface area (Å²) in [4.78, 5) is 2.49. The van der Waals surface area contributed by atoms with Gasteiger partial charge in [-0.3, -0.25) is 0 Å². The molecule has 3 rings (SSSR count). The molecule has 98 valence electrons. The van der Waals surface area contributed by atoms with Crippen molar-refractivity contribution in [2.24, 2.45) is 5.92 Å². The standard InChI is InChI=1S/C16H21N.CH4/c1-17-11-10-16-14(12-17)8-5-9-15(16)13-6-3-2-4-7-13;/h2-4,6-7,14H,5,8-12H2,1H3;1H4/t14-;/m1./s1. The molecule has 0 aromatic heterocycles. The molecular weight excluding hydrogens is 218 g/mol. The van der Waals surface area contributed by atoms with Gasteiger partial charge >= 0.3 is 0 Å². The largest absolute Gasteiger partial charge is 0.305 e. The molecule has 0 spiro atoms. The molecule has 0 bridgehead atoms. The minimum absolute atomic E-state index is 0. The Hall–Kier alpha value is -1.08. The molecule has 1 fully saturated rings. The number of likely N-dealkylation sites (tertiary alicyclic amines) is 1. The molecule has 0 unspecified atom stereocenters. The van der Waals surface area contributed by atoms with Crippen LogP contribution in [0.5, 0.6) is 0 Å². The molecule has 18 heavy (non-hydrogen) atoms. The topological polar surface area (TPSA) is 3.24 Å². The zero-order valence-corrected chi connectivity index (χ0v) is 10.7. The number of allylic oxidation sites excluding steroid dienone is 1. The van der Waals surface area contributed by atoms with E-state index in [1.165, 1.54) is 44.3 Å². The van der Waals surface area contributed by atoms with Gasteiger partial charge in [0, 0.05) is 13.1 Å². The molecule has 1 aromatic carbocycles. The summed E-state index contributed by atoms with van der Waals surface area (Å²) in [6.07, 6.45) is 5.34. The first-order chi connectivity index (χ1) is 8.34. The molecule has 1 atom stereocenters. The number of piperidine rings is 1.